The zero-order chi connectivity index (χ0) is 6.97. The van der Waals surface area contributed by atoms with Crippen molar-refractivity contribution >= 4 is 5.65 Å². The molecule has 0 atom stereocenters. The zero-order valence-corrected chi connectivity index (χ0v) is 5.03. The van der Waals surface area contributed by atoms with E-state index >= 15 is 0 Å². The number of hydrogen-bond acceptors (Lipinski definition) is 2. The van der Waals surface area contributed by atoms with Crippen LogP contribution in [0, 0.1) is 6.07 Å². The second-order valence-electron chi connectivity index (χ2n) is 1.87. The van der Waals surface area contributed by atoms with Gasteiger partial charge in [-0.15, -0.1) is 0 Å². The number of nitrogens with one attached hydrogen (secondary N) is 1. The fraction of sp³-hybridized carbons (Fsp3) is 0. The van der Waals surface area contributed by atoms with Gasteiger partial charge in [-0.1, -0.05) is 0 Å². The van der Waals surface area contributed by atoms with Crippen molar-refractivity contribution in [2.45, 2.75) is 0 Å². The molecule has 0 amide bonds. The Balaban J connectivity index is 3.07. The summed E-state index contributed by atoms with van der Waals surface area (Å²) in [6.07, 6.45) is 1.64. The summed E-state index contributed by atoms with van der Waals surface area (Å²) >= 11 is 0. The molecule has 4 heteroatoms. The minimum Gasteiger partial charge on any atom is -0.250 e. The van der Waals surface area contributed by atoms with Crippen molar-refractivity contribution in [2.75, 3.05) is 0 Å². The molecule has 2 aromatic rings. The van der Waals surface area contributed by atoms with Crippen LogP contribution in [0.3, 0.4) is 0 Å². The number of aromatic amines is 1. The van der Waals surface area contributed by atoms with Gasteiger partial charge in [0.2, 0.25) is 0 Å². The number of H-pyrrole nitrogens is 1. The van der Waals surface area contributed by atoms with Crippen LogP contribution in [0.5, 0.6) is 0 Å². The van der Waals surface area contributed by atoms with Crippen LogP contribution < -0.4 is 5.69 Å². The van der Waals surface area contributed by atoms with Crippen LogP contribution in [0.4, 0.5) is 0 Å². The van der Waals surface area contributed by atoms with Crippen LogP contribution in [-0.2, 0) is 0 Å². The van der Waals surface area contributed by atoms with Crippen molar-refractivity contribution in [3.8, 4) is 0 Å². The molecule has 49 valence electrons. The van der Waals surface area contributed by atoms with Gasteiger partial charge in [-0.2, -0.15) is 5.10 Å². The van der Waals surface area contributed by atoms with Gasteiger partial charge in [0, 0.05) is 12.3 Å². The Labute approximate surface area is 56.1 Å². The highest BCUT2D eigenvalue weighted by molar-refractivity contribution is 5.33. The summed E-state index contributed by atoms with van der Waals surface area (Å²) in [5.74, 6) is 0. The molecule has 1 N–H and O–H groups in total. The molecule has 0 aliphatic heterocycles. The van der Waals surface area contributed by atoms with Gasteiger partial charge in [-0.05, 0) is 12.1 Å². The van der Waals surface area contributed by atoms with E-state index in [9.17, 15) is 4.79 Å². The average molecular weight is 134 g/mol. The van der Waals surface area contributed by atoms with Crippen molar-refractivity contribution in [1.29, 1.82) is 0 Å². The van der Waals surface area contributed by atoms with E-state index in [-0.39, 0.29) is 5.69 Å². The Morgan fingerprint density at radius 1 is 1.70 bits per heavy atom. The molecule has 0 bridgehead atoms. The zero-order valence-electron chi connectivity index (χ0n) is 5.03. The first kappa shape index (κ1) is 5.22. The van der Waals surface area contributed by atoms with E-state index in [0.717, 1.165) is 0 Å². The van der Waals surface area contributed by atoms with Crippen LogP contribution >= 0.6 is 0 Å². The summed E-state index contributed by atoms with van der Waals surface area (Å²) < 4.78 is 1.39. The Kier molecular flexibility index (Phi) is 0.887. The van der Waals surface area contributed by atoms with Crippen LogP contribution in [0.25, 0.3) is 5.65 Å². The first-order chi connectivity index (χ1) is 4.88. The van der Waals surface area contributed by atoms with Crippen molar-refractivity contribution in [2.24, 2.45) is 0 Å². The summed E-state index contributed by atoms with van der Waals surface area (Å²) in [7, 11) is 0. The van der Waals surface area contributed by atoms with Gasteiger partial charge in [0.25, 0.3) is 0 Å². The van der Waals surface area contributed by atoms with Gasteiger partial charge < -0.3 is 0 Å². The molecular formula is C6H4N3O. The van der Waals surface area contributed by atoms with Crippen molar-refractivity contribution in [3.63, 3.8) is 0 Å². The smallest absolute Gasteiger partial charge is 0.250 e. The summed E-state index contributed by atoms with van der Waals surface area (Å²) in [6, 6.07) is 6.22. The fourth-order valence-corrected chi connectivity index (χ4v) is 0.797. The Hall–Kier alpha value is -1.58. The number of hydrogen-bond donors (Lipinski definition) is 1. The number of fused-ring (bicyclic) bond motifs is 1. The average Bonchev–Trinajstić information content (AvgIpc) is 2.34. The summed E-state index contributed by atoms with van der Waals surface area (Å²) in [5.41, 5.74) is 0.291. The minimum atomic E-state index is -0.230. The first-order valence-electron chi connectivity index (χ1n) is 2.81. The standard InChI is InChI=1S/C6H4N3O/c10-6-8-7-5-3-1-2-4-9(5)6/h1-2,4H,(H,8,10). The maximum absolute atomic E-state index is 10.8. The molecule has 0 unspecified atom stereocenters. The van der Waals surface area contributed by atoms with E-state index in [1.807, 2.05) is 0 Å². The highest BCUT2D eigenvalue weighted by Gasteiger charge is 1.94. The van der Waals surface area contributed by atoms with Gasteiger partial charge in [0.15, 0.2) is 5.65 Å². The molecule has 0 aliphatic rings. The molecule has 1 radical (unpaired) electrons. The molecular weight excluding hydrogens is 130 g/mol. The predicted octanol–water partition coefficient (Wildman–Crippen LogP) is -0.177. The van der Waals surface area contributed by atoms with E-state index in [4.69, 9.17) is 0 Å². The van der Waals surface area contributed by atoms with Gasteiger partial charge >= 0.3 is 5.69 Å². The molecule has 2 rings (SSSR count). The second-order valence-corrected chi connectivity index (χ2v) is 1.87. The molecule has 2 aromatic heterocycles. The molecule has 0 saturated heterocycles. The maximum atomic E-state index is 10.8. The highest BCUT2D eigenvalue weighted by atomic mass is 16.1. The van der Waals surface area contributed by atoms with Gasteiger partial charge in [-0.3, -0.25) is 0 Å². The summed E-state index contributed by atoms with van der Waals surface area (Å²) in [4.78, 5) is 10.8. The van der Waals surface area contributed by atoms with E-state index in [1.54, 1.807) is 18.3 Å². The normalized spacial score (nSPS) is 10.4. The third-order valence-electron chi connectivity index (χ3n) is 1.25. The number of pyridine rings is 1. The molecule has 0 aliphatic carbocycles. The molecule has 0 aromatic carbocycles. The lowest BCUT2D eigenvalue weighted by Gasteiger charge is -1.83. The van der Waals surface area contributed by atoms with Crippen LogP contribution in [-0.4, -0.2) is 14.6 Å². The first-order valence-corrected chi connectivity index (χ1v) is 2.81. The monoisotopic (exact) mass is 134 g/mol. The lowest BCUT2D eigenvalue weighted by atomic mass is 10.5. The van der Waals surface area contributed by atoms with Crippen molar-refractivity contribution in [3.05, 3.63) is 34.9 Å². The lowest BCUT2D eigenvalue weighted by molar-refractivity contribution is 1.02. The Bertz CT molecular complexity index is 400. The topological polar surface area (TPSA) is 50.2 Å². The van der Waals surface area contributed by atoms with E-state index in [2.05, 4.69) is 16.3 Å². The highest BCUT2D eigenvalue weighted by Crippen LogP contribution is 1.89. The largest absolute Gasteiger partial charge is 0.347 e. The third-order valence-corrected chi connectivity index (χ3v) is 1.25. The lowest BCUT2D eigenvalue weighted by Crippen LogP contribution is -2.07. The summed E-state index contributed by atoms with van der Waals surface area (Å²) in [5, 5.41) is 5.99. The maximum Gasteiger partial charge on any atom is 0.347 e. The molecule has 2 heterocycles. The van der Waals surface area contributed by atoms with E-state index < -0.39 is 0 Å². The number of aromatic nitrogens is 3. The van der Waals surface area contributed by atoms with Crippen LogP contribution in [0.15, 0.2) is 23.1 Å². The summed E-state index contributed by atoms with van der Waals surface area (Å²) in [6.45, 7) is 0. The molecule has 10 heavy (non-hydrogen) atoms. The van der Waals surface area contributed by atoms with Crippen molar-refractivity contribution in [1.82, 2.24) is 14.6 Å². The SMILES string of the molecule is O=c1[nH]nc2[c]cccn12. The van der Waals surface area contributed by atoms with Gasteiger partial charge in [-0.25, -0.2) is 14.3 Å². The quantitative estimate of drug-likeness (QED) is 0.543. The Morgan fingerprint density at radius 3 is 3.40 bits per heavy atom. The fourth-order valence-electron chi connectivity index (χ4n) is 0.797. The minimum absolute atomic E-state index is 0.230. The molecule has 4 nitrogen and oxygen atoms in total. The second kappa shape index (κ2) is 1.70. The number of nitrogens with zero attached hydrogens (tertiary/aromatic N) is 2. The van der Waals surface area contributed by atoms with Gasteiger partial charge in [0.1, 0.15) is 0 Å². The third kappa shape index (κ3) is 0.556. The Morgan fingerprint density at radius 2 is 2.60 bits per heavy atom. The van der Waals surface area contributed by atoms with Crippen molar-refractivity contribution < 1.29 is 0 Å². The molecule has 0 fully saturated rings. The molecule has 0 saturated carbocycles. The number of rotatable bonds is 0. The van der Waals surface area contributed by atoms with Crippen LogP contribution in [0.2, 0.25) is 0 Å². The predicted molar refractivity (Wildman–Crippen MR) is 34.6 cm³/mol. The molecule has 0 spiro atoms. The van der Waals surface area contributed by atoms with Crippen LogP contribution in [0.1, 0.15) is 0 Å². The van der Waals surface area contributed by atoms with E-state index in [1.165, 1.54) is 4.40 Å². The van der Waals surface area contributed by atoms with Gasteiger partial charge in [0.05, 0.1) is 0 Å². The van der Waals surface area contributed by atoms with E-state index in [0.29, 0.717) is 5.65 Å².